The Morgan fingerprint density at radius 2 is 1.69 bits per heavy atom. The second-order valence-electron chi connectivity index (χ2n) is 10.4. The van der Waals surface area contributed by atoms with Crippen LogP contribution in [0.4, 0.5) is 0 Å². The maximum Gasteiger partial charge on any atom is 0.215 e. The predicted octanol–water partition coefficient (Wildman–Crippen LogP) is 5.49. The summed E-state index contributed by atoms with van der Waals surface area (Å²) < 4.78 is 4.75. The molecule has 0 saturated heterocycles. The van der Waals surface area contributed by atoms with Crippen molar-refractivity contribution < 1.29 is 0 Å². The number of aromatic nitrogens is 3. The minimum Gasteiger partial charge on any atom is -0.310 e. The van der Waals surface area contributed by atoms with Crippen molar-refractivity contribution in [2.45, 2.75) is 76.9 Å². The van der Waals surface area contributed by atoms with Gasteiger partial charge in [0.25, 0.3) is 0 Å². The van der Waals surface area contributed by atoms with Crippen molar-refractivity contribution >= 4 is 16.8 Å². The monoisotopic (exact) mass is 390 g/mol. The lowest BCUT2D eigenvalue weighted by molar-refractivity contribution is -0.0825. The molecule has 0 radical (unpaired) electrons. The Balaban J connectivity index is 1.32. The third-order valence-corrected chi connectivity index (χ3v) is 8.36. The summed E-state index contributed by atoms with van der Waals surface area (Å²) in [6, 6.07) is 8.76. The van der Waals surface area contributed by atoms with E-state index in [9.17, 15) is 0 Å². The van der Waals surface area contributed by atoms with E-state index in [-0.39, 0.29) is 0 Å². The molecule has 7 rings (SSSR count). The van der Waals surface area contributed by atoms with Gasteiger partial charge in [-0.15, -0.1) is 0 Å². The zero-order valence-corrected chi connectivity index (χ0v) is 18.0. The van der Waals surface area contributed by atoms with E-state index in [0.717, 1.165) is 36.6 Å². The van der Waals surface area contributed by atoms with Crippen molar-refractivity contribution in [3.05, 3.63) is 36.2 Å². The van der Waals surface area contributed by atoms with Crippen molar-refractivity contribution in [3.8, 4) is 0 Å². The molecule has 2 heterocycles. The highest BCUT2D eigenvalue weighted by atomic mass is 15.2. The molecule has 29 heavy (non-hydrogen) atoms. The normalized spacial score (nSPS) is 30.9. The molecule has 4 bridgehead atoms. The van der Waals surface area contributed by atoms with E-state index in [1.165, 1.54) is 68.1 Å². The zero-order chi connectivity index (χ0) is 19.6. The van der Waals surface area contributed by atoms with Gasteiger partial charge in [0.1, 0.15) is 0 Å². The highest BCUT2D eigenvalue weighted by Gasteiger charge is 2.52. The van der Waals surface area contributed by atoms with Crippen LogP contribution in [-0.2, 0) is 13.1 Å². The van der Waals surface area contributed by atoms with Gasteiger partial charge in [-0.3, -0.25) is 9.30 Å². The number of aryl methyl sites for hydroxylation is 1. The van der Waals surface area contributed by atoms with Gasteiger partial charge in [0, 0.05) is 24.8 Å². The SMILES string of the molecule is CCCCn1c2ccccc2n2cc(CN(C)C34CC5CC(CC(C5)C3)C4)nc12. The average Bonchev–Trinajstić information content (AvgIpc) is 3.22. The molecule has 0 amide bonds. The third-order valence-electron chi connectivity index (χ3n) is 8.36. The minimum absolute atomic E-state index is 0.447. The smallest absolute Gasteiger partial charge is 0.215 e. The molecular weight excluding hydrogens is 356 g/mol. The van der Waals surface area contributed by atoms with E-state index < -0.39 is 0 Å². The molecule has 154 valence electrons. The van der Waals surface area contributed by atoms with Crippen LogP contribution in [0.15, 0.2) is 30.5 Å². The lowest BCUT2D eigenvalue weighted by Crippen LogP contribution is -2.58. The number of para-hydroxylation sites is 2. The molecule has 4 saturated carbocycles. The first kappa shape index (κ1) is 18.0. The maximum absolute atomic E-state index is 5.15. The van der Waals surface area contributed by atoms with Gasteiger partial charge in [0.05, 0.1) is 16.7 Å². The van der Waals surface area contributed by atoms with E-state index in [1.54, 1.807) is 0 Å². The number of nitrogens with zero attached hydrogens (tertiary/aromatic N) is 4. The molecule has 0 aliphatic heterocycles. The molecule has 0 unspecified atom stereocenters. The molecule has 4 aliphatic carbocycles. The summed E-state index contributed by atoms with van der Waals surface area (Å²) in [4.78, 5) is 7.85. The number of rotatable bonds is 6. The van der Waals surface area contributed by atoms with Gasteiger partial charge < -0.3 is 4.57 Å². The van der Waals surface area contributed by atoms with Gasteiger partial charge in [0.15, 0.2) is 0 Å². The van der Waals surface area contributed by atoms with Crippen LogP contribution in [0.5, 0.6) is 0 Å². The molecule has 0 atom stereocenters. The quantitative estimate of drug-likeness (QED) is 0.556. The summed E-state index contributed by atoms with van der Waals surface area (Å²) in [5.74, 6) is 4.10. The standard InChI is InChI=1S/C25H34N4/c1-3-4-9-28-22-7-5-6-8-23(22)29-17-21(26-24(28)29)16-27(2)25-13-18-10-19(14-25)12-20(11-18)15-25/h5-8,17-20H,3-4,9-16H2,1-2H3. The Morgan fingerprint density at radius 1 is 1.03 bits per heavy atom. The first-order valence-electron chi connectivity index (χ1n) is 11.8. The van der Waals surface area contributed by atoms with Gasteiger partial charge in [-0.25, -0.2) is 4.98 Å². The molecule has 4 fully saturated rings. The fourth-order valence-corrected chi connectivity index (χ4v) is 7.35. The fourth-order valence-electron chi connectivity index (χ4n) is 7.35. The second kappa shape index (κ2) is 6.60. The lowest BCUT2D eigenvalue weighted by atomic mass is 9.52. The van der Waals surface area contributed by atoms with E-state index in [1.807, 2.05) is 0 Å². The minimum atomic E-state index is 0.447. The molecule has 0 N–H and O–H groups in total. The molecule has 2 aromatic heterocycles. The number of hydrogen-bond donors (Lipinski definition) is 0. The van der Waals surface area contributed by atoms with Gasteiger partial charge in [-0.05, 0) is 81.9 Å². The van der Waals surface area contributed by atoms with Crippen molar-refractivity contribution in [1.82, 2.24) is 18.9 Å². The highest BCUT2D eigenvalue weighted by Crippen LogP contribution is 2.57. The van der Waals surface area contributed by atoms with E-state index >= 15 is 0 Å². The van der Waals surface area contributed by atoms with Gasteiger partial charge in [-0.2, -0.15) is 0 Å². The summed E-state index contributed by atoms with van der Waals surface area (Å²) >= 11 is 0. The summed E-state index contributed by atoms with van der Waals surface area (Å²) in [6.45, 7) is 4.30. The highest BCUT2D eigenvalue weighted by molar-refractivity contribution is 5.80. The van der Waals surface area contributed by atoms with Crippen molar-refractivity contribution in [3.63, 3.8) is 0 Å². The predicted molar refractivity (Wildman–Crippen MR) is 118 cm³/mol. The Labute approximate surface area is 173 Å². The van der Waals surface area contributed by atoms with Gasteiger partial charge in [-0.1, -0.05) is 25.5 Å². The summed E-state index contributed by atoms with van der Waals surface area (Å²) in [5, 5.41) is 0. The van der Waals surface area contributed by atoms with Crippen LogP contribution in [0.3, 0.4) is 0 Å². The van der Waals surface area contributed by atoms with Gasteiger partial charge >= 0.3 is 0 Å². The average molecular weight is 391 g/mol. The van der Waals surface area contributed by atoms with Crippen LogP contribution < -0.4 is 0 Å². The van der Waals surface area contributed by atoms with E-state index in [4.69, 9.17) is 4.98 Å². The molecule has 4 aliphatic rings. The van der Waals surface area contributed by atoms with Crippen LogP contribution in [0.25, 0.3) is 16.8 Å². The summed E-state index contributed by atoms with van der Waals surface area (Å²) in [5.41, 5.74) is 4.27. The largest absolute Gasteiger partial charge is 0.310 e. The van der Waals surface area contributed by atoms with Crippen LogP contribution in [0.2, 0.25) is 0 Å². The molecule has 0 spiro atoms. The molecule has 4 nitrogen and oxygen atoms in total. The van der Waals surface area contributed by atoms with Crippen molar-refractivity contribution in [2.75, 3.05) is 7.05 Å². The van der Waals surface area contributed by atoms with Crippen LogP contribution in [0, 0.1) is 17.8 Å². The topological polar surface area (TPSA) is 25.5 Å². The fraction of sp³-hybridized carbons (Fsp3) is 0.640. The second-order valence-corrected chi connectivity index (χ2v) is 10.4. The van der Waals surface area contributed by atoms with Crippen molar-refractivity contribution in [2.24, 2.45) is 17.8 Å². The van der Waals surface area contributed by atoms with Gasteiger partial charge in [0.2, 0.25) is 5.78 Å². The number of hydrogen-bond acceptors (Lipinski definition) is 2. The van der Waals surface area contributed by atoms with Crippen molar-refractivity contribution in [1.29, 1.82) is 0 Å². The Bertz CT molecular complexity index is 1010. The number of fused-ring (bicyclic) bond motifs is 3. The van der Waals surface area contributed by atoms with E-state index in [2.05, 4.69) is 58.3 Å². The Morgan fingerprint density at radius 3 is 2.34 bits per heavy atom. The number of benzene rings is 1. The first-order valence-corrected chi connectivity index (χ1v) is 11.8. The van der Waals surface area contributed by atoms with Crippen LogP contribution in [0.1, 0.15) is 64.0 Å². The van der Waals surface area contributed by atoms with Crippen LogP contribution >= 0.6 is 0 Å². The summed E-state index contributed by atoms with van der Waals surface area (Å²) in [6.07, 6.45) is 13.5. The maximum atomic E-state index is 5.15. The molecular formula is C25H34N4. The Hall–Kier alpha value is -1.81. The zero-order valence-electron chi connectivity index (χ0n) is 18.0. The summed E-state index contributed by atoms with van der Waals surface area (Å²) in [7, 11) is 2.38. The molecule has 1 aromatic carbocycles. The lowest BCUT2D eigenvalue weighted by Gasteiger charge is -2.60. The third kappa shape index (κ3) is 2.78. The molecule has 3 aromatic rings. The number of unbranched alkanes of at least 4 members (excludes halogenated alkanes) is 1. The van der Waals surface area contributed by atoms with E-state index in [0.29, 0.717) is 5.54 Å². The first-order chi connectivity index (χ1) is 14.1. The van der Waals surface area contributed by atoms with Crippen LogP contribution in [-0.4, -0.2) is 31.4 Å². The Kier molecular flexibility index (Phi) is 4.09. The molecule has 4 heteroatoms. The number of imidazole rings is 2.